The van der Waals surface area contributed by atoms with E-state index in [4.69, 9.17) is 18.6 Å². The second-order valence-electron chi connectivity index (χ2n) is 8.11. The van der Waals surface area contributed by atoms with Crippen LogP contribution in [0.15, 0.2) is 70.1 Å². The molecular weight excluding hydrogens is 446 g/mol. The van der Waals surface area contributed by atoms with Gasteiger partial charge in [-0.15, -0.1) is 0 Å². The van der Waals surface area contributed by atoms with Crippen LogP contribution in [0, 0.1) is 0 Å². The largest absolute Gasteiger partial charge is 0.497 e. The number of pyridine rings is 1. The number of benzene rings is 2. The van der Waals surface area contributed by atoms with Crippen molar-refractivity contribution in [2.75, 3.05) is 46.4 Å². The molecule has 0 amide bonds. The standard InChI is InChI=1S/C27H29N3O5/c1-30(8-9-32-2)21-14-19(24-6-5-7-28-27(24)31)13-20(15-21)25-17-29-26(35-25)12-18-10-22(33-3)16-23(11-18)34-4/h5-7,10-11,13-17H,8-9,12H2,1-4H3,(H,28,31). The van der Waals surface area contributed by atoms with Crippen LogP contribution in [-0.2, 0) is 11.2 Å². The second kappa shape index (κ2) is 10.9. The average Bonchev–Trinajstić information content (AvgIpc) is 3.35. The molecule has 0 saturated heterocycles. The molecule has 8 nitrogen and oxygen atoms in total. The predicted octanol–water partition coefficient (Wildman–Crippen LogP) is 4.39. The number of oxazole rings is 1. The van der Waals surface area contributed by atoms with Gasteiger partial charge in [0.15, 0.2) is 11.7 Å². The lowest BCUT2D eigenvalue weighted by Gasteiger charge is -2.20. The highest BCUT2D eigenvalue weighted by Crippen LogP contribution is 2.32. The van der Waals surface area contributed by atoms with E-state index >= 15 is 0 Å². The fraction of sp³-hybridized carbons (Fsp3) is 0.259. The van der Waals surface area contributed by atoms with E-state index in [-0.39, 0.29) is 5.56 Å². The zero-order valence-corrected chi connectivity index (χ0v) is 20.3. The van der Waals surface area contributed by atoms with Gasteiger partial charge in [-0.25, -0.2) is 4.98 Å². The van der Waals surface area contributed by atoms with Gasteiger partial charge in [-0.1, -0.05) is 0 Å². The molecular formula is C27H29N3O5. The zero-order chi connectivity index (χ0) is 24.8. The molecule has 2 heterocycles. The van der Waals surface area contributed by atoms with E-state index in [9.17, 15) is 4.79 Å². The molecule has 0 fully saturated rings. The van der Waals surface area contributed by atoms with Gasteiger partial charge >= 0.3 is 0 Å². The number of nitrogens with one attached hydrogen (secondary N) is 1. The maximum absolute atomic E-state index is 12.5. The summed E-state index contributed by atoms with van der Waals surface area (Å²) < 4.78 is 22.1. The van der Waals surface area contributed by atoms with Crippen LogP contribution in [0.1, 0.15) is 11.5 Å². The first-order valence-electron chi connectivity index (χ1n) is 11.2. The lowest BCUT2D eigenvalue weighted by atomic mass is 10.0. The van der Waals surface area contributed by atoms with Crippen molar-refractivity contribution in [2.24, 2.45) is 0 Å². The number of nitrogens with zero attached hydrogens (tertiary/aromatic N) is 2. The number of hydrogen-bond acceptors (Lipinski definition) is 7. The number of hydrogen-bond donors (Lipinski definition) is 1. The van der Waals surface area contributed by atoms with Gasteiger partial charge in [0.1, 0.15) is 11.5 Å². The number of anilines is 1. The fourth-order valence-electron chi connectivity index (χ4n) is 3.80. The quantitative estimate of drug-likeness (QED) is 0.364. The van der Waals surface area contributed by atoms with Crippen LogP contribution >= 0.6 is 0 Å². The number of ether oxygens (including phenoxy) is 3. The van der Waals surface area contributed by atoms with Crippen LogP contribution in [-0.4, -0.2) is 51.5 Å². The van der Waals surface area contributed by atoms with Gasteiger partial charge in [-0.05, 0) is 53.6 Å². The summed E-state index contributed by atoms with van der Waals surface area (Å²) in [7, 11) is 6.90. The van der Waals surface area contributed by atoms with E-state index in [0.717, 1.165) is 22.4 Å². The van der Waals surface area contributed by atoms with Gasteiger partial charge in [-0.3, -0.25) is 4.79 Å². The molecule has 4 rings (SSSR count). The summed E-state index contributed by atoms with van der Waals surface area (Å²) in [5.74, 6) is 2.59. The lowest BCUT2D eigenvalue weighted by molar-refractivity contribution is 0.206. The maximum atomic E-state index is 12.5. The Hall–Kier alpha value is -4.04. The highest BCUT2D eigenvalue weighted by molar-refractivity contribution is 5.76. The molecule has 4 aromatic rings. The summed E-state index contributed by atoms with van der Waals surface area (Å²) in [6.07, 6.45) is 3.81. The Morgan fingerprint density at radius 2 is 1.74 bits per heavy atom. The van der Waals surface area contributed by atoms with Crippen LogP contribution < -0.4 is 19.9 Å². The van der Waals surface area contributed by atoms with E-state index in [0.29, 0.717) is 48.3 Å². The molecule has 8 heteroatoms. The topological polar surface area (TPSA) is 89.8 Å². The normalized spacial score (nSPS) is 10.9. The van der Waals surface area contributed by atoms with E-state index in [1.807, 2.05) is 49.5 Å². The molecule has 0 saturated carbocycles. The van der Waals surface area contributed by atoms with Crippen molar-refractivity contribution in [1.82, 2.24) is 9.97 Å². The van der Waals surface area contributed by atoms with Gasteiger partial charge in [0.2, 0.25) is 0 Å². The highest BCUT2D eigenvalue weighted by atomic mass is 16.5. The van der Waals surface area contributed by atoms with E-state index in [1.165, 1.54) is 0 Å². The lowest BCUT2D eigenvalue weighted by Crippen LogP contribution is -2.22. The van der Waals surface area contributed by atoms with Gasteiger partial charge in [-0.2, -0.15) is 0 Å². The maximum Gasteiger partial charge on any atom is 0.255 e. The Morgan fingerprint density at radius 1 is 1.00 bits per heavy atom. The smallest absolute Gasteiger partial charge is 0.255 e. The third-order valence-electron chi connectivity index (χ3n) is 5.72. The van der Waals surface area contributed by atoms with Crippen molar-refractivity contribution in [1.29, 1.82) is 0 Å². The molecule has 0 spiro atoms. The molecule has 182 valence electrons. The minimum Gasteiger partial charge on any atom is -0.497 e. The van der Waals surface area contributed by atoms with Crippen molar-refractivity contribution < 1.29 is 18.6 Å². The summed E-state index contributed by atoms with van der Waals surface area (Å²) in [5.41, 5.74) is 3.94. The van der Waals surface area contributed by atoms with Crippen LogP contribution in [0.3, 0.4) is 0 Å². The van der Waals surface area contributed by atoms with Crippen molar-refractivity contribution in [3.8, 4) is 33.9 Å². The third-order valence-corrected chi connectivity index (χ3v) is 5.72. The monoisotopic (exact) mass is 475 g/mol. The highest BCUT2D eigenvalue weighted by Gasteiger charge is 2.14. The molecule has 0 atom stereocenters. The van der Waals surface area contributed by atoms with Crippen molar-refractivity contribution in [3.63, 3.8) is 0 Å². The Balaban J connectivity index is 1.70. The van der Waals surface area contributed by atoms with E-state index in [1.54, 1.807) is 39.8 Å². The van der Waals surface area contributed by atoms with Crippen molar-refractivity contribution >= 4 is 5.69 Å². The SMILES string of the molecule is COCCN(C)c1cc(-c2cnc(Cc3cc(OC)cc(OC)c3)o2)cc(-c2ccc[nH]c2=O)c1. The van der Waals surface area contributed by atoms with Gasteiger partial charge in [0, 0.05) is 56.2 Å². The first-order chi connectivity index (χ1) is 17.0. The molecule has 0 aliphatic heterocycles. The van der Waals surface area contributed by atoms with Gasteiger partial charge in [0.05, 0.1) is 27.0 Å². The summed E-state index contributed by atoms with van der Waals surface area (Å²) >= 11 is 0. The number of rotatable bonds is 10. The minimum atomic E-state index is -0.152. The van der Waals surface area contributed by atoms with Crippen molar-refractivity contribution in [2.45, 2.75) is 6.42 Å². The van der Waals surface area contributed by atoms with Crippen molar-refractivity contribution in [3.05, 3.63) is 82.7 Å². The Kier molecular flexibility index (Phi) is 7.52. The van der Waals surface area contributed by atoms with Gasteiger partial charge in [0.25, 0.3) is 5.56 Å². The van der Waals surface area contributed by atoms with E-state index < -0.39 is 0 Å². The molecule has 1 N–H and O–H groups in total. The zero-order valence-electron chi connectivity index (χ0n) is 20.3. The summed E-state index contributed by atoms with van der Waals surface area (Å²) in [5, 5.41) is 0. The van der Waals surface area contributed by atoms with Crippen LogP contribution in [0.5, 0.6) is 11.5 Å². The van der Waals surface area contributed by atoms with E-state index in [2.05, 4.69) is 14.9 Å². The Labute approximate surface area is 204 Å². The number of likely N-dealkylation sites (N-methyl/N-ethyl adjacent to an activating group) is 1. The Bertz CT molecular complexity index is 1320. The fourth-order valence-corrected chi connectivity index (χ4v) is 3.80. The molecule has 0 bridgehead atoms. The molecule has 0 aliphatic carbocycles. The number of aromatic nitrogens is 2. The number of aromatic amines is 1. The summed E-state index contributed by atoms with van der Waals surface area (Å²) in [6, 6.07) is 15.2. The summed E-state index contributed by atoms with van der Waals surface area (Å²) in [4.78, 5) is 21.8. The Morgan fingerprint density at radius 3 is 2.43 bits per heavy atom. The molecule has 2 aromatic heterocycles. The van der Waals surface area contributed by atoms with Crippen LogP contribution in [0.4, 0.5) is 5.69 Å². The summed E-state index contributed by atoms with van der Waals surface area (Å²) in [6.45, 7) is 1.28. The molecule has 35 heavy (non-hydrogen) atoms. The minimum absolute atomic E-state index is 0.152. The second-order valence-corrected chi connectivity index (χ2v) is 8.11. The average molecular weight is 476 g/mol. The van der Waals surface area contributed by atoms with Crippen LogP contribution in [0.25, 0.3) is 22.5 Å². The predicted molar refractivity (Wildman–Crippen MR) is 135 cm³/mol. The molecule has 0 radical (unpaired) electrons. The number of H-pyrrole nitrogens is 1. The van der Waals surface area contributed by atoms with Crippen LogP contribution in [0.2, 0.25) is 0 Å². The first-order valence-corrected chi connectivity index (χ1v) is 11.2. The molecule has 0 aliphatic rings. The molecule has 2 aromatic carbocycles. The first kappa shape index (κ1) is 24.1. The van der Waals surface area contributed by atoms with Gasteiger partial charge < -0.3 is 28.5 Å². The molecule has 0 unspecified atom stereocenters. The number of methoxy groups -OCH3 is 3. The third kappa shape index (κ3) is 5.73.